The lowest BCUT2D eigenvalue weighted by atomic mass is 9.98. The van der Waals surface area contributed by atoms with Crippen LogP contribution in [0.2, 0.25) is 0 Å². The molecule has 128 valence electrons. The third kappa shape index (κ3) is 2.53. The van der Waals surface area contributed by atoms with Crippen molar-refractivity contribution in [1.82, 2.24) is 14.9 Å². The number of nitrogens with zero attached hydrogens (tertiary/aromatic N) is 3. The largest absolute Gasteiger partial charge is 0.325 e. The highest BCUT2D eigenvalue weighted by molar-refractivity contribution is 7.10. The second-order valence-corrected chi connectivity index (χ2v) is 8.19. The van der Waals surface area contributed by atoms with Gasteiger partial charge >= 0.3 is 0 Å². The summed E-state index contributed by atoms with van der Waals surface area (Å²) < 4.78 is 0. The first-order valence-electron chi connectivity index (χ1n) is 8.44. The summed E-state index contributed by atoms with van der Waals surface area (Å²) in [6.45, 7) is 0.698. The van der Waals surface area contributed by atoms with Crippen molar-refractivity contribution in [3.63, 3.8) is 0 Å². The molecular formula is C20H15N3OS2. The van der Waals surface area contributed by atoms with Gasteiger partial charge in [-0.2, -0.15) is 0 Å². The number of carbonyl (C=O) groups is 1. The molecule has 4 heterocycles. The lowest BCUT2D eigenvalue weighted by Crippen LogP contribution is -2.40. The molecule has 0 fully saturated rings. The van der Waals surface area contributed by atoms with Crippen LogP contribution < -0.4 is 0 Å². The molecule has 5 rings (SSSR count). The number of para-hydroxylation sites is 2. The van der Waals surface area contributed by atoms with Crippen LogP contribution in [-0.2, 0) is 6.42 Å². The topological polar surface area (TPSA) is 46.1 Å². The van der Waals surface area contributed by atoms with E-state index in [0.717, 1.165) is 17.5 Å². The van der Waals surface area contributed by atoms with E-state index in [9.17, 15) is 4.79 Å². The Bertz CT molecular complexity index is 1090. The van der Waals surface area contributed by atoms with Gasteiger partial charge in [0, 0.05) is 16.3 Å². The maximum Gasteiger partial charge on any atom is 0.274 e. The zero-order chi connectivity index (χ0) is 17.5. The molecule has 1 amide bonds. The van der Waals surface area contributed by atoms with Gasteiger partial charge in [-0.05, 0) is 47.0 Å². The molecule has 1 aliphatic rings. The van der Waals surface area contributed by atoms with Crippen LogP contribution in [0.4, 0.5) is 0 Å². The highest BCUT2D eigenvalue weighted by Crippen LogP contribution is 2.40. The second kappa shape index (κ2) is 6.30. The molecule has 0 N–H and O–H groups in total. The first-order valence-corrected chi connectivity index (χ1v) is 10.2. The van der Waals surface area contributed by atoms with Gasteiger partial charge < -0.3 is 4.90 Å². The fourth-order valence-electron chi connectivity index (χ4n) is 3.50. The summed E-state index contributed by atoms with van der Waals surface area (Å²) in [5, 5.41) is 4.18. The minimum absolute atomic E-state index is 0.0363. The van der Waals surface area contributed by atoms with Crippen molar-refractivity contribution >= 4 is 39.6 Å². The summed E-state index contributed by atoms with van der Waals surface area (Å²) in [6, 6.07) is 13.9. The maximum absolute atomic E-state index is 13.3. The van der Waals surface area contributed by atoms with Crippen molar-refractivity contribution < 1.29 is 4.79 Å². The molecule has 4 nitrogen and oxygen atoms in total. The molecule has 0 saturated heterocycles. The molecule has 0 unspecified atom stereocenters. The highest BCUT2D eigenvalue weighted by Gasteiger charge is 2.34. The standard InChI is InChI=1S/C20H15N3OS2/c24-20(16-12-21-14-4-1-2-5-15(14)22-16)23-9-7-17-13(8-11-26-17)19(23)18-6-3-10-25-18/h1-6,8,10-12,19H,7,9H2/t19-/m0/s1. The van der Waals surface area contributed by atoms with Crippen LogP contribution in [-0.4, -0.2) is 27.3 Å². The van der Waals surface area contributed by atoms with Crippen molar-refractivity contribution in [2.45, 2.75) is 12.5 Å². The molecule has 6 heteroatoms. The van der Waals surface area contributed by atoms with Crippen LogP contribution in [0, 0.1) is 0 Å². The molecule has 0 saturated carbocycles. The average Bonchev–Trinajstić information content (AvgIpc) is 3.38. The lowest BCUT2D eigenvalue weighted by molar-refractivity contribution is 0.0692. The van der Waals surface area contributed by atoms with Gasteiger partial charge in [-0.25, -0.2) is 4.98 Å². The van der Waals surface area contributed by atoms with E-state index in [-0.39, 0.29) is 11.9 Å². The van der Waals surface area contributed by atoms with E-state index >= 15 is 0 Å². The molecular weight excluding hydrogens is 362 g/mol. The van der Waals surface area contributed by atoms with Gasteiger partial charge in [-0.3, -0.25) is 9.78 Å². The average molecular weight is 377 g/mol. The molecule has 3 aromatic heterocycles. The number of amides is 1. The normalized spacial score (nSPS) is 16.6. The fraction of sp³-hybridized carbons (Fsp3) is 0.150. The van der Waals surface area contributed by atoms with Gasteiger partial charge in [0.25, 0.3) is 5.91 Å². The van der Waals surface area contributed by atoms with Crippen LogP contribution in [0.25, 0.3) is 11.0 Å². The van der Waals surface area contributed by atoms with Crippen molar-refractivity contribution in [1.29, 1.82) is 0 Å². The molecule has 0 spiro atoms. The van der Waals surface area contributed by atoms with E-state index in [2.05, 4.69) is 32.9 Å². The van der Waals surface area contributed by atoms with Crippen molar-refractivity contribution in [2.75, 3.05) is 6.54 Å². The Morgan fingerprint density at radius 1 is 1.04 bits per heavy atom. The highest BCUT2D eigenvalue weighted by atomic mass is 32.1. The van der Waals surface area contributed by atoms with Gasteiger partial charge in [0.05, 0.1) is 23.3 Å². The summed E-state index contributed by atoms with van der Waals surface area (Å²) in [5.74, 6) is -0.0569. The Balaban J connectivity index is 1.57. The first kappa shape index (κ1) is 15.7. The molecule has 0 radical (unpaired) electrons. The molecule has 0 aliphatic carbocycles. The summed E-state index contributed by atoms with van der Waals surface area (Å²) in [7, 11) is 0. The number of hydrogen-bond acceptors (Lipinski definition) is 5. The Morgan fingerprint density at radius 2 is 1.92 bits per heavy atom. The Morgan fingerprint density at radius 3 is 2.77 bits per heavy atom. The van der Waals surface area contributed by atoms with Crippen LogP contribution in [0.3, 0.4) is 0 Å². The minimum atomic E-state index is -0.0569. The van der Waals surface area contributed by atoms with Crippen LogP contribution >= 0.6 is 22.7 Å². The summed E-state index contributed by atoms with van der Waals surface area (Å²) in [5.41, 5.74) is 3.20. The van der Waals surface area contributed by atoms with Crippen molar-refractivity contribution in [3.05, 3.63) is 80.4 Å². The predicted octanol–water partition coefficient (Wildman–Crippen LogP) is 4.54. The SMILES string of the molecule is O=C(c1cnc2ccccc2n1)N1CCc2sccc2[C@H]1c1cccs1. The second-order valence-electron chi connectivity index (χ2n) is 6.21. The molecule has 1 aliphatic heterocycles. The molecule has 1 atom stereocenters. The Kier molecular flexibility index (Phi) is 3.80. The van der Waals surface area contributed by atoms with E-state index < -0.39 is 0 Å². The smallest absolute Gasteiger partial charge is 0.274 e. The number of carbonyl (C=O) groups excluding carboxylic acids is 1. The van der Waals surface area contributed by atoms with Crippen molar-refractivity contribution in [2.24, 2.45) is 0 Å². The van der Waals surface area contributed by atoms with E-state index in [4.69, 9.17) is 0 Å². The minimum Gasteiger partial charge on any atom is -0.325 e. The van der Waals surface area contributed by atoms with E-state index in [1.165, 1.54) is 15.3 Å². The number of benzene rings is 1. The summed E-state index contributed by atoms with van der Waals surface area (Å²) in [4.78, 5) is 26.8. The zero-order valence-corrected chi connectivity index (χ0v) is 15.5. The third-order valence-corrected chi connectivity index (χ3v) is 6.63. The quantitative estimate of drug-likeness (QED) is 0.515. The van der Waals surface area contributed by atoms with Crippen molar-refractivity contribution in [3.8, 4) is 0 Å². The number of aromatic nitrogens is 2. The molecule has 4 aromatic rings. The van der Waals surface area contributed by atoms with E-state index in [0.29, 0.717) is 12.2 Å². The number of thiophene rings is 2. The molecule has 0 bridgehead atoms. The zero-order valence-electron chi connectivity index (χ0n) is 13.8. The summed E-state index contributed by atoms with van der Waals surface area (Å²) >= 11 is 3.47. The lowest BCUT2D eigenvalue weighted by Gasteiger charge is -2.35. The first-order chi connectivity index (χ1) is 12.8. The van der Waals surface area contributed by atoms with E-state index in [1.54, 1.807) is 28.9 Å². The Labute approximate surface area is 158 Å². The van der Waals surface area contributed by atoms with E-state index in [1.807, 2.05) is 35.2 Å². The van der Waals surface area contributed by atoms with Gasteiger partial charge in [0.15, 0.2) is 0 Å². The van der Waals surface area contributed by atoms with Crippen LogP contribution in [0.15, 0.2) is 59.4 Å². The molecule has 26 heavy (non-hydrogen) atoms. The van der Waals surface area contributed by atoms with Gasteiger partial charge in [-0.1, -0.05) is 18.2 Å². The van der Waals surface area contributed by atoms with Crippen LogP contribution in [0.5, 0.6) is 0 Å². The van der Waals surface area contributed by atoms with Gasteiger partial charge in [-0.15, -0.1) is 22.7 Å². The Hall–Kier alpha value is -2.57. The molecule has 1 aromatic carbocycles. The number of fused-ring (bicyclic) bond motifs is 2. The monoisotopic (exact) mass is 377 g/mol. The number of rotatable bonds is 2. The van der Waals surface area contributed by atoms with Crippen LogP contribution in [0.1, 0.15) is 31.8 Å². The predicted molar refractivity (Wildman–Crippen MR) is 105 cm³/mol. The summed E-state index contributed by atoms with van der Waals surface area (Å²) in [6.07, 6.45) is 2.49. The third-order valence-electron chi connectivity index (χ3n) is 4.71. The maximum atomic E-state index is 13.3. The fourth-order valence-corrected chi connectivity index (χ4v) is 5.25. The van der Waals surface area contributed by atoms with Gasteiger partial charge in [0.1, 0.15) is 5.69 Å². The van der Waals surface area contributed by atoms with Gasteiger partial charge in [0.2, 0.25) is 0 Å². The number of hydrogen-bond donors (Lipinski definition) is 0.